The summed E-state index contributed by atoms with van der Waals surface area (Å²) < 4.78 is 9.82. The van der Waals surface area contributed by atoms with Crippen molar-refractivity contribution in [2.75, 3.05) is 20.8 Å². The van der Waals surface area contributed by atoms with Crippen LogP contribution in [0.25, 0.3) is 0 Å². The van der Waals surface area contributed by atoms with Crippen molar-refractivity contribution in [3.05, 3.63) is 0 Å². The molecule has 4 heteroatoms. The molecule has 0 aromatic rings. The Balaban J connectivity index is 4.28. The summed E-state index contributed by atoms with van der Waals surface area (Å²) in [6.07, 6.45) is -0.114. The molecule has 13 heavy (non-hydrogen) atoms. The van der Waals surface area contributed by atoms with E-state index in [1.165, 1.54) is 7.11 Å². The van der Waals surface area contributed by atoms with Gasteiger partial charge < -0.3 is 14.6 Å². The van der Waals surface area contributed by atoms with E-state index in [4.69, 9.17) is 14.6 Å². The Hall–Kier alpha value is -0.610. The molecule has 0 saturated carbocycles. The topological polar surface area (TPSA) is 55.8 Å². The summed E-state index contributed by atoms with van der Waals surface area (Å²) in [7, 11) is 3.01. The van der Waals surface area contributed by atoms with Gasteiger partial charge in [0.25, 0.3) is 0 Å². The van der Waals surface area contributed by atoms with Gasteiger partial charge in [0.05, 0.1) is 0 Å². The number of ether oxygens (including phenoxy) is 2. The van der Waals surface area contributed by atoms with E-state index in [2.05, 4.69) is 0 Å². The van der Waals surface area contributed by atoms with Crippen LogP contribution in [0.4, 0.5) is 0 Å². The van der Waals surface area contributed by atoms with Gasteiger partial charge in [0.2, 0.25) is 0 Å². The molecule has 0 rings (SSSR count). The molecule has 0 aliphatic heterocycles. The van der Waals surface area contributed by atoms with Gasteiger partial charge in [-0.05, 0) is 6.42 Å². The van der Waals surface area contributed by atoms with Crippen LogP contribution in [0.3, 0.4) is 0 Å². The molecule has 0 fully saturated rings. The Kier molecular flexibility index (Phi) is 4.95. The Morgan fingerprint density at radius 3 is 2.31 bits per heavy atom. The van der Waals surface area contributed by atoms with Gasteiger partial charge in [-0.3, -0.25) is 0 Å². The molecule has 78 valence electrons. The fourth-order valence-electron chi connectivity index (χ4n) is 1.25. The highest BCUT2D eigenvalue weighted by atomic mass is 16.5. The first-order chi connectivity index (χ1) is 5.95. The summed E-state index contributed by atoms with van der Waals surface area (Å²) in [5.41, 5.74) is -0.406. The van der Waals surface area contributed by atoms with Crippen LogP contribution in [0.2, 0.25) is 0 Å². The lowest BCUT2D eigenvalue weighted by Crippen LogP contribution is -2.38. The Labute approximate surface area is 78.8 Å². The zero-order valence-corrected chi connectivity index (χ0v) is 8.66. The average molecular weight is 190 g/mol. The Bertz CT molecular complexity index is 165. The number of hydrogen-bond acceptors (Lipinski definition) is 3. The molecule has 0 aromatic heterocycles. The van der Waals surface area contributed by atoms with Crippen molar-refractivity contribution in [1.82, 2.24) is 0 Å². The predicted octanol–water partition coefficient (Wildman–Crippen LogP) is 1.15. The lowest BCUT2D eigenvalue weighted by Gasteiger charge is -2.29. The molecule has 0 bridgehead atoms. The van der Waals surface area contributed by atoms with Gasteiger partial charge in [-0.1, -0.05) is 13.8 Å². The summed E-state index contributed by atoms with van der Waals surface area (Å²) in [5, 5.41) is 8.84. The van der Waals surface area contributed by atoms with E-state index in [0.29, 0.717) is 13.0 Å². The first-order valence-corrected chi connectivity index (χ1v) is 4.20. The minimum absolute atomic E-state index is 0.406. The maximum Gasteiger partial charge on any atom is 0.333 e. The van der Waals surface area contributed by atoms with Crippen LogP contribution in [0.15, 0.2) is 0 Å². The highest BCUT2D eigenvalue weighted by Gasteiger charge is 2.34. The highest BCUT2D eigenvalue weighted by molar-refractivity contribution is 5.73. The first kappa shape index (κ1) is 12.4. The molecule has 1 atom stereocenters. The molecule has 0 saturated heterocycles. The summed E-state index contributed by atoms with van der Waals surface area (Å²) in [5.74, 6) is -0.927. The zero-order valence-electron chi connectivity index (χ0n) is 8.66. The van der Waals surface area contributed by atoms with Gasteiger partial charge in [-0.2, -0.15) is 0 Å². The van der Waals surface area contributed by atoms with Gasteiger partial charge in [0, 0.05) is 26.2 Å². The van der Waals surface area contributed by atoms with Crippen molar-refractivity contribution in [2.45, 2.75) is 26.4 Å². The van der Waals surface area contributed by atoms with Crippen LogP contribution in [0.1, 0.15) is 20.3 Å². The molecular weight excluding hydrogens is 172 g/mol. The quantitative estimate of drug-likeness (QED) is 0.682. The molecule has 1 unspecified atom stereocenters. The van der Waals surface area contributed by atoms with Crippen LogP contribution < -0.4 is 0 Å². The second-order valence-electron chi connectivity index (χ2n) is 3.69. The third-order valence-electron chi connectivity index (χ3n) is 2.12. The Morgan fingerprint density at radius 1 is 1.46 bits per heavy atom. The van der Waals surface area contributed by atoms with Crippen LogP contribution in [-0.2, 0) is 14.3 Å². The van der Waals surface area contributed by atoms with E-state index in [1.807, 2.05) is 13.8 Å². The third-order valence-corrected chi connectivity index (χ3v) is 2.12. The van der Waals surface area contributed by atoms with Crippen LogP contribution in [0.5, 0.6) is 0 Å². The van der Waals surface area contributed by atoms with E-state index in [0.717, 1.165) is 0 Å². The molecule has 0 heterocycles. The molecule has 0 radical (unpaired) electrons. The molecule has 4 nitrogen and oxygen atoms in total. The predicted molar refractivity (Wildman–Crippen MR) is 48.7 cm³/mol. The third kappa shape index (κ3) is 3.74. The standard InChI is InChI=1S/C9H18O4/c1-9(2,5-6-12-3)7(13-4)8(10)11/h7H,5-6H2,1-4H3,(H,10,11). The number of carboxylic acid groups (broad SMARTS) is 1. The van der Waals surface area contributed by atoms with E-state index < -0.39 is 17.5 Å². The van der Waals surface area contributed by atoms with Crippen molar-refractivity contribution in [2.24, 2.45) is 5.41 Å². The van der Waals surface area contributed by atoms with Crippen LogP contribution >= 0.6 is 0 Å². The molecular formula is C9H18O4. The summed E-state index contributed by atoms with van der Waals surface area (Å²) in [6.45, 7) is 4.25. The second kappa shape index (κ2) is 5.19. The highest BCUT2D eigenvalue weighted by Crippen LogP contribution is 2.27. The van der Waals surface area contributed by atoms with Crippen molar-refractivity contribution < 1.29 is 19.4 Å². The SMILES string of the molecule is COCCC(C)(C)C(OC)C(=O)O. The Morgan fingerprint density at radius 2 is 2.00 bits per heavy atom. The lowest BCUT2D eigenvalue weighted by atomic mass is 9.83. The van der Waals surface area contributed by atoms with Gasteiger partial charge >= 0.3 is 5.97 Å². The summed E-state index contributed by atoms with van der Waals surface area (Å²) in [4.78, 5) is 10.8. The van der Waals surface area contributed by atoms with E-state index in [9.17, 15) is 4.79 Å². The summed E-state index contributed by atoms with van der Waals surface area (Å²) >= 11 is 0. The fourth-order valence-corrected chi connectivity index (χ4v) is 1.25. The van der Waals surface area contributed by atoms with Gasteiger partial charge in [0.15, 0.2) is 6.10 Å². The second-order valence-corrected chi connectivity index (χ2v) is 3.69. The number of rotatable bonds is 6. The van der Waals surface area contributed by atoms with E-state index >= 15 is 0 Å². The lowest BCUT2D eigenvalue weighted by molar-refractivity contribution is -0.156. The normalized spacial score (nSPS) is 14.2. The number of aliphatic carboxylic acids is 1. The minimum Gasteiger partial charge on any atom is -0.479 e. The van der Waals surface area contributed by atoms with Gasteiger partial charge in [-0.25, -0.2) is 4.79 Å². The first-order valence-electron chi connectivity index (χ1n) is 4.20. The van der Waals surface area contributed by atoms with Crippen LogP contribution in [-0.4, -0.2) is 38.0 Å². The van der Waals surface area contributed by atoms with Crippen LogP contribution in [0, 0.1) is 5.41 Å². The van der Waals surface area contributed by atoms with Crippen molar-refractivity contribution in [3.8, 4) is 0 Å². The molecule has 0 aliphatic carbocycles. The van der Waals surface area contributed by atoms with E-state index in [1.54, 1.807) is 7.11 Å². The number of carboxylic acids is 1. The number of hydrogen-bond donors (Lipinski definition) is 1. The summed E-state index contributed by atoms with van der Waals surface area (Å²) in [6, 6.07) is 0. The maximum absolute atomic E-state index is 10.8. The zero-order chi connectivity index (χ0) is 10.5. The van der Waals surface area contributed by atoms with Crippen molar-refractivity contribution >= 4 is 5.97 Å². The number of methoxy groups -OCH3 is 2. The minimum atomic E-state index is -0.927. The fraction of sp³-hybridized carbons (Fsp3) is 0.889. The molecule has 0 aromatic carbocycles. The maximum atomic E-state index is 10.8. The van der Waals surface area contributed by atoms with Gasteiger partial charge in [0.1, 0.15) is 0 Å². The largest absolute Gasteiger partial charge is 0.479 e. The van der Waals surface area contributed by atoms with Crippen molar-refractivity contribution in [1.29, 1.82) is 0 Å². The monoisotopic (exact) mass is 190 g/mol. The molecule has 1 N–H and O–H groups in total. The molecule has 0 spiro atoms. The molecule has 0 amide bonds. The van der Waals surface area contributed by atoms with Crippen molar-refractivity contribution in [3.63, 3.8) is 0 Å². The number of carbonyl (C=O) groups is 1. The average Bonchev–Trinajstić information content (AvgIpc) is 2.01. The van der Waals surface area contributed by atoms with Gasteiger partial charge in [-0.15, -0.1) is 0 Å². The van der Waals surface area contributed by atoms with E-state index in [-0.39, 0.29) is 0 Å². The molecule has 0 aliphatic rings. The smallest absolute Gasteiger partial charge is 0.333 e.